The fourth-order valence-corrected chi connectivity index (χ4v) is 5.03. The van der Waals surface area contributed by atoms with Crippen molar-refractivity contribution in [2.75, 3.05) is 11.6 Å². The standard InChI is InChI=1S/C23H34N4O3/c1-2-3-4-5-6-7-18-15-27(25-30-18)17-9-10-19-16(14-17)8-11-20(19)26-13-12-21(28)22(26)23(24)29/h9-10,14-15,20-22,25,28H,2-8,11-13H2,1H3,(H2,24,29)/t20-,21?,22?/m0/s1. The summed E-state index contributed by atoms with van der Waals surface area (Å²) >= 11 is 0. The summed E-state index contributed by atoms with van der Waals surface area (Å²) in [5, 5.41) is 12.1. The minimum absolute atomic E-state index is 0.140. The van der Waals surface area contributed by atoms with Gasteiger partial charge in [-0.1, -0.05) is 44.3 Å². The predicted molar refractivity (Wildman–Crippen MR) is 116 cm³/mol. The van der Waals surface area contributed by atoms with Gasteiger partial charge in [0.05, 0.1) is 18.0 Å². The van der Waals surface area contributed by atoms with Gasteiger partial charge in [-0.2, -0.15) is 0 Å². The molecule has 1 saturated heterocycles. The zero-order chi connectivity index (χ0) is 21.1. The van der Waals surface area contributed by atoms with E-state index in [1.165, 1.54) is 36.8 Å². The maximum absolute atomic E-state index is 11.9. The van der Waals surface area contributed by atoms with E-state index in [2.05, 4.69) is 35.6 Å². The number of aliphatic hydroxyl groups excluding tert-OH is 1. The van der Waals surface area contributed by atoms with Crippen molar-refractivity contribution in [3.8, 4) is 0 Å². The second-order valence-electron chi connectivity index (χ2n) is 8.70. The van der Waals surface area contributed by atoms with Gasteiger partial charge in [0.1, 0.15) is 11.8 Å². The molecule has 2 unspecified atom stereocenters. The third-order valence-electron chi connectivity index (χ3n) is 6.62. The van der Waals surface area contributed by atoms with E-state index >= 15 is 0 Å². The molecule has 1 aliphatic carbocycles. The molecule has 7 nitrogen and oxygen atoms in total. The lowest BCUT2D eigenvalue weighted by Crippen LogP contribution is -2.46. The maximum Gasteiger partial charge on any atom is 0.237 e. The number of carbonyl (C=O) groups is 1. The molecule has 2 heterocycles. The predicted octanol–water partition coefficient (Wildman–Crippen LogP) is 3.05. The van der Waals surface area contributed by atoms with E-state index < -0.39 is 18.1 Å². The number of primary amides is 1. The highest BCUT2D eigenvalue weighted by Gasteiger charge is 2.42. The number of amides is 1. The van der Waals surface area contributed by atoms with Crippen molar-refractivity contribution >= 4 is 11.6 Å². The van der Waals surface area contributed by atoms with Crippen LogP contribution < -0.4 is 16.3 Å². The number of anilines is 1. The van der Waals surface area contributed by atoms with Crippen LogP contribution in [0.15, 0.2) is 30.2 Å². The number of aryl methyl sites for hydroxylation is 1. The molecule has 7 heteroatoms. The van der Waals surface area contributed by atoms with Crippen LogP contribution in [0.4, 0.5) is 5.69 Å². The molecule has 3 atom stereocenters. The molecule has 1 aromatic carbocycles. The third kappa shape index (κ3) is 4.33. The normalized spacial score (nSPS) is 26.0. The molecule has 0 spiro atoms. The molecule has 1 amide bonds. The summed E-state index contributed by atoms with van der Waals surface area (Å²) in [5.41, 5.74) is 12.1. The van der Waals surface area contributed by atoms with Crippen LogP contribution in [0, 0.1) is 0 Å². The monoisotopic (exact) mass is 414 g/mol. The molecule has 0 bridgehead atoms. The second kappa shape index (κ2) is 9.37. The van der Waals surface area contributed by atoms with Crippen molar-refractivity contribution in [3.05, 3.63) is 41.3 Å². The first-order chi connectivity index (χ1) is 14.6. The van der Waals surface area contributed by atoms with Crippen molar-refractivity contribution in [1.82, 2.24) is 10.5 Å². The van der Waals surface area contributed by atoms with Gasteiger partial charge in [0, 0.05) is 19.0 Å². The van der Waals surface area contributed by atoms with E-state index in [4.69, 9.17) is 10.6 Å². The number of nitrogens with one attached hydrogen (secondary N) is 1. The number of hydrazine groups is 1. The van der Waals surface area contributed by atoms with Crippen LogP contribution in [0.3, 0.4) is 0 Å². The molecular formula is C23H34N4O3. The topological polar surface area (TPSA) is 91.1 Å². The minimum atomic E-state index is -0.665. The van der Waals surface area contributed by atoms with Gasteiger partial charge in [-0.25, -0.2) is 5.01 Å². The number of benzene rings is 1. The van der Waals surface area contributed by atoms with Gasteiger partial charge >= 0.3 is 0 Å². The summed E-state index contributed by atoms with van der Waals surface area (Å²) in [6.07, 6.45) is 11.1. The molecule has 3 aliphatic rings. The second-order valence-corrected chi connectivity index (χ2v) is 8.70. The zero-order valence-electron chi connectivity index (χ0n) is 17.8. The summed E-state index contributed by atoms with van der Waals surface area (Å²) in [6.45, 7) is 2.93. The van der Waals surface area contributed by atoms with Crippen molar-refractivity contribution in [3.63, 3.8) is 0 Å². The summed E-state index contributed by atoms with van der Waals surface area (Å²) in [6, 6.07) is 5.97. The van der Waals surface area contributed by atoms with Gasteiger partial charge in [0.2, 0.25) is 5.91 Å². The Bertz CT molecular complexity index is 797. The number of aliphatic hydroxyl groups is 1. The number of rotatable bonds is 9. The molecule has 4 N–H and O–H groups in total. The highest BCUT2D eigenvalue weighted by molar-refractivity contribution is 5.81. The number of hydrogen-bond acceptors (Lipinski definition) is 6. The van der Waals surface area contributed by atoms with Crippen molar-refractivity contribution in [2.45, 2.75) is 82.9 Å². The van der Waals surface area contributed by atoms with E-state index in [9.17, 15) is 9.90 Å². The highest BCUT2D eigenvalue weighted by atomic mass is 16.7. The van der Waals surface area contributed by atoms with E-state index in [1.54, 1.807) is 0 Å². The van der Waals surface area contributed by atoms with Crippen molar-refractivity contribution in [1.29, 1.82) is 0 Å². The Labute approximate surface area is 178 Å². The third-order valence-corrected chi connectivity index (χ3v) is 6.62. The summed E-state index contributed by atoms with van der Waals surface area (Å²) < 4.78 is 0. The number of likely N-dealkylation sites (tertiary alicyclic amines) is 1. The van der Waals surface area contributed by atoms with Gasteiger partial charge < -0.3 is 15.7 Å². The van der Waals surface area contributed by atoms with E-state index in [0.29, 0.717) is 13.0 Å². The van der Waals surface area contributed by atoms with E-state index in [1.807, 2.05) is 11.2 Å². The fourth-order valence-electron chi connectivity index (χ4n) is 5.03. The van der Waals surface area contributed by atoms with Gasteiger partial charge in [-0.05, 0) is 48.9 Å². The number of unbranched alkanes of at least 4 members (excludes halogenated alkanes) is 4. The largest absolute Gasteiger partial charge is 0.392 e. The lowest BCUT2D eigenvalue weighted by atomic mass is 10.0. The van der Waals surface area contributed by atoms with Crippen LogP contribution in [-0.2, 0) is 16.1 Å². The lowest BCUT2D eigenvalue weighted by molar-refractivity contribution is -0.125. The SMILES string of the molecule is CCCCCCCC1=CN(c2ccc3c(c2)CC[C@@H]3N2CCC(O)C2C(N)=O)NO1. The minimum Gasteiger partial charge on any atom is -0.392 e. The average molecular weight is 415 g/mol. The van der Waals surface area contributed by atoms with Gasteiger partial charge in [-0.3, -0.25) is 9.69 Å². The number of nitrogens with two attached hydrogens (primary N) is 1. The Morgan fingerprint density at radius 2 is 2.10 bits per heavy atom. The fraction of sp³-hybridized carbons (Fsp3) is 0.609. The Balaban J connectivity index is 1.40. The molecule has 30 heavy (non-hydrogen) atoms. The quantitative estimate of drug-likeness (QED) is 0.538. The van der Waals surface area contributed by atoms with Crippen LogP contribution in [0.25, 0.3) is 0 Å². The molecule has 0 aromatic heterocycles. The van der Waals surface area contributed by atoms with E-state index in [0.717, 1.165) is 37.1 Å². The number of nitrogens with zero attached hydrogens (tertiary/aromatic N) is 2. The highest BCUT2D eigenvalue weighted by Crippen LogP contribution is 2.41. The molecule has 164 valence electrons. The van der Waals surface area contributed by atoms with Crippen molar-refractivity contribution < 1.29 is 14.7 Å². The van der Waals surface area contributed by atoms with Crippen LogP contribution in [0.1, 0.15) is 75.5 Å². The van der Waals surface area contributed by atoms with Crippen LogP contribution in [-0.4, -0.2) is 34.6 Å². The number of fused-ring (bicyclic) bond motifs is 1. The first-order valence-corrected chi connectivity index (χ1v) is 11.4. The Kier molecular flexibility index (Phi) is 6.61. The smallest absolute Gasteiger partial charge is 0.237 e. The van der Waals surface area contributed by atoms with Gasteiger partial charge in [0.25, 0.3) is 0 Å². The Morgan fingerprint density at radius 3 is 2.90 bits per heavy atom. The first kappa shape index (κ1) is 21.2. The molecule has 1 fully saturated rings. The lowest BCUT2D eigenvalue weighted by Gasteiger charge is -2.30. The summed E-state index contributed by atoms with van der Waals surface area (Å²) in [7, 11) is 0. The molecular weight excluding hydrogens is 380 g/mol. The van der Waals surface area contributed by atoms with Crippen LogP contribution >= 0.6 is 0 Å². The average Bonchev–Trinajstić information content (AvgIpc) is 3.45. The molecule has 0 radical (unpaired) electrons. The molecule has 0 saturated carbocycles. The number of allylic oxidation sites excluding steroid dienone is 1. The van der Waals surface area contributed by atoms with Gasteiger partial charge in [0.15, 0.2) is 0 Å². The molecule has 4 rings (SSSR count). The number of hydrogen-bond donors (Lipinski definition) is 3. The molecule has 2 aliphatic heterocycles. The first-order valence-electron chi connectivity index (χ1n) is 11.4. The van der Waals surface area contributed by atoms with Crippen LogP contribution in [0.2, 0.25) is 0 Å². The zero-order valence-corrected chi connectivity index (χ0v) is 17.8. The summed E-state index contributed by atoms with van der Waals surface area (Å²) in [5.74, 6) is 0.538. The maximum atomic E-state index is 11.9. The van der Waals surface area contributed by atoms with Crippen molar-refractivity contribution in [2.24, 2.45) is 5.73 Å². The summed E-state index contributed by atoms with van der Waals surface area (Å²) in [4.78, 5) is 19.6. The van der Waals surface area contributed by atoms with Crippen LogP contribution in [0.5, 0.6) is 0 Å². The van der Waals surface area contributed by atoms with Gasteiger partial charge in [-0.15, -0.1) is 0 Å². The number of carbonyl (C=O) groups excluding carboxylic acids is 1. The Morgan fingerprint density at radius 1 is 1.27 bits per heavy atom. The van der Waals surface area contributed by atoms with E-state index in [-0.39, 0.29) is 6.04 Å². The Hall–Kier alpha value is -2.09. The molecule has 1 aromatic rings.